The lowest BCUT2D eigenvalue weighted by atomic mass is 10.1. The number of benzene rings is 1. The number of ether oxygens (including phenoxy) is 1. The molecule has 1 amide bonds. The standard InChI is InChI=1S/C27H29N5O3/c1-18-8-7-13-32-24(18)30-25(31-16-19(2)35-20(3)17-31)23(27(32)34)14-22(15-28)26(33)29-12-11-21-9-5-4-6-10-21/h4-10,13-14,19-20H,11-12,16-17H2,1-3H3,(H,29,33). The molecule has 35 heavy (non-hydrogen) atoms. The second-order valence-corrected chi connectivity index (χ2v) is 8.86. The van der Waals surface area contributed by atoms with E-state index in [1.165, 1.54) is 10.5 Å². The van der Waals surface area contributed by atoms with Crippen LogP contribution in [0.1, 0.15) is 30.5 Å². The van der Waals surface area contributed by atoms with Gasteiger partial charge in [-0.3, -0.25) is 14.0 Å². The van der Waals surface area contributed by atoms with Crippen LogP contribution in [0.5, 0.6) is 0 Å². The largest absolute Gasteiger partial charge is 0.372 e. The molecule has 1 N–H and O–H groups in total. The lowest BCUT2D eigenvalue weighted by Gasteiger charge is -2.36. The number of anilines is 1. The molecule has 1 fully saturated rings. The Morgan fingerprint density at radius 1 is 1.20 bits per heavy atom. The summed E-state index contributed by atoms with van der Waals surface area (Å²) < 4.78 is 7.31. The molecule has 0 bridgehead atoms. The number of aromatic nitrogens is 2. The maximum Gasteiger partial charge on any atom is 0.267 e. The lowest BCUT2D eigenvalue weighted by Crippen LogP contribution is -2.46. The van der Waals surface area contributed by atoms with Crippen molar-refractivity contribution in [1.29, 1.82) is 5.26 Å². The van der Waals surface area contributed by atoms with Gasteiger partial charge in [0.2, 0.25) is 0 Å². The van der Waals surface area contributed by atoms with Crippen LogP contribution in [0.15, 0.2) is 59.0 Å². The van der Waals surface area contributed by atoms with Gasteiger partial charge < -0.3 is 15.0 Å². The Kier molecular flexibility index (Phi) is 7.28. The summed E-state index contributed by atoms with van der Waals surface area (Å²) in [5.41, 5.74) is 2.23. The van der Waals surface area contributed by atoms with Crippen molar-refractivity contribution in [2.75, 3.05) is 24.5 Å². The van der Waals surface area contributed by atoms with E-state index in [1.807, 2.05) is 68.1 Å². The van der Waals surface area contributed by atoms with E-state index in [0.717, 1.165) is 11.1 Å². The van der Waals surface area contributed by atoms with Crippen LogP contribution in [0.3, 0.4) is 0 Å². The van der Waals surface area contributed by atoms with Crippen molar-refractivity contribution in [3.63, 3.8) is 0 Å². The number of nitrogens with one attached hydrogen (secondary N) is 1. The van der Waals surface area contributed by atoms with Gasteiger partial charge in [-0.15, -0.1) is 0 Å². The first-order chi connectivity index (χ1) is 16.9. The minimum absolute atomic E-state index is 0.0515. The minimum atomic E-state index is -0.521. The van der Waals surface area contributed by atoms with Gasteiger partial charge >= 0.3 is 0 Å². The molecule has 4 rings (SSSR count). The van der Waals surface area contributed by atoms with E-state index in [-0.39, 0.29) is 28.9 Å². The molecule has 8 heteroatoms. The molecule has 2 atom stereocenters. The van der Waals surface area contributed by atoms with E-state index in [1.54, 1.807) is 12.3 Å². The number of fused-ring (bicyclic) bond motifs is 1. The van der Waals surface area contributed by atoms with Gasteiger partial charge in [-0.1, -0.05) is 36.4 Å². The second-order valence-electron chi connectivity index (χ2n) is 8.86. The Labute approximate surface area is 204 Å². The summed E-state index contributed by atoms with van der Waals surface area (Å²) >= 11 is 0. The van der Waals surface area contributed by atoms with Crippen LogP contribution < -0.4 is 15.8 Å². The molecular formula is C27H29N5O3. The Morgan fingerprint density at radius 3 is 2.60 bits per heavy atom. The fourth-order valence-corrected chi connectivity index (χ4v) is 4.37. The molecule has 3 aromatic rings. The zero-order valence-corrected chi connectivity index (χ0v) is 20.2. The van der Waals surface area contributed by atoms with Crippen molar-refractivity contribution in [1.82, 2.24) is 14.7 Å². The number of pyridine rings is 1. The molecule has 1 aliphatic heterocycles. The first-order valence-electron chi connectivity index (χ1n) is 11.7. The molecule has 0 radical (unpaired) electrons. The fourth-order valence-electron chi connectivity index (χ4n) is 4.37. The quantitative estimate of drug-likeness (QED) is 0.438. The van der Waals surface area contributed by atoms with Gasteiger partial charge in [0.05, 0.1) is 17.8 Å². The molecule has 0 aliphatic carbocycles. The average molecular weight is 472 g/mol. The summed E-state index contributed by atoms with van der Waals surface area (Å²) in [6.07, 6.45) is 3.55. The maximum atomic E-state index is 13.6. The predicted molar refractivity (Wildman–Crippen MR) is 135 cm³/mol. The molecule has 1 aromatic carbocycles. The van der Waals surface area contributed by atoms with Gasteiger partial charge in [-0.05, 0) is 50.5 Å². The third kappa shape index (κ3) is 5.42. The second kappa shape index (κ2) is 10.5. The number of hydrogen-bond donors (Lipinski definition) is 1. The molecule has 1 saturated heterocycles. The Hall–Kier alpha value is -3.96. The number of nitriles is 1. The molecule has 0 saturated carbocycles. The van der Waals surface area contributed by atoms with E-state index in [4.69, 9.17) is 9.72 Å². The number of amides is 1. The summed E-state index contributed by atoms with van der Waals surface area (Å²) in [7, 11) is 0. The molecule has 0 spiro atoms. The first-order valence-corrected chi connectivity index (χ1v) is 11.7. The predicted octanol–water partition coefficient (Wildman–Crippen LogP) is 2.88. The summed E-state index contributed by atoms with van der Waals surface area (Å²) in [5, 5.41) is 12.6. The number of aryl methyl sites for hydroxylation is 1. The van der Waals surface area contributed by atoms with Crippen molar-refractivity contribution in [3.05, 3.63) is 81.3 Å². The normalized spacial score (nSPS) is 18.3. The van der Waals surface area contributed by atoms with Crippen molar-refractivity contribution in [2.24, 2.45) is 0 Å². The number of nitrogens with zero attached hydrogens (tertiary/aromatic N) is 4. The third-order valence-corrected chi connectivity index (χ3v) is 5.98. The number of carbonyl (C=O) groups excluding carboxylic acids is 1. The summed E-state index contributed by atoms with van der Waals surface area (Å²) in [6.45, 7) is 7.31. The molecule has 3 heterocycles. The van der Waals surface area contributed by atoms with Gasteiger partial charge in [-0.25, -0.2) is 4.98 Å². The number of hydrogen-bond acceptors (Lipinski definition) is 6. The highest BCUT2D eigenvalue weighted by atomic mass is 16.5. The van der Waals surface area contributed by atoms with Crippen LogP contribution in [-0.2, 0) is 16.0 Å². The topological polar surface area (TPSA) is 99.7 Å². The summed E-state index contributed by atoms with van der Waals surface area (Å²) in [5.74, 6) is -0.0667. The zero-order chi connectivity index (χ0) is 24.9. The zero-order valence-electron chi connectivity index (χ0n) is 20.2. The Balaban J connectivity index is 1.71. The number of morpholine rings is 1. The summed E-state index contributed by atoms with van der Waals surface area (Å²) in [4.78, 5) is 33.2. The molecule has 8 nitrogen and oxygen atoms in total. The highest BCUT2D eigenvalue weighted by Crippen LogP contribution is 2.24. The van der Waals surface area contributed by atoms with Gasteiger partial charge in [0.25, 0.3) is 11.5 Å². The van der Waals surface area contributed by atoms with Crippen LogP contribution in [0.2, 0.25) is 0 Å². The maximum absolute atomic E-state index is 13.6. The van der Waals surface area contributed by atoms with Crippen LogP contribution in [-0.4, -0.2) is 47.1 Å². The molecular weight excluding hydrogens is 442 g/mol. The number of carbonyl (C=O) groups is 1. The Morgan fingerprint density at radius 2 is 1.91 bits per heavy atom. The van der Waals surface area contributed by atoms with Crippen molar-refractivity contribution in [2.45, 2.75) is 39.4 Å². The third-order valence-electron chi connectivity index (χ3n) is 5.98. The van der Waals surface area contributed by atoms with E-state index >= 15 is 0 Å². The highest BCUT2D eigenvalue weighted by molar-refractivity contribution is 6.02. The first kappa shape index (κ1) is 24.2. The van der Waals surface area contributed by atoms with Crippen LogP contribution in [0.4, 0.5) is 5.82 Å². The molecule has 180 valence electrons. The minimum Gasteiger partial charge on any atom is -0.372 e. The monoisotopic (exact) mass is 471 g/mol. The molecule has 1 aliphatic rings. The van der Waals surface area contributed by atoms with Gasteiger partial charge in [0.15, 0.2) is 0 Å². The van der Waals surface area contributed by atoms with Crippen molar-refractivity contribution >= 4 is 23.4 Å². The SMILES string of the molecule is Cc1cccn2c(=O)c(C=C(C#N)C(=O)NCCc3ccccc3)c(N3CC(C)OC(C)C3)nc12. The Bertz CT molecular complexity index is 1350. The van der Waals surface area contributed by atoms with Crippen LogP contribution in [0.25, 0.3) is 11.7 Å². The van der Waals surface area contributed by atoms with Crippen molar-refractivity contribution < 1.29 is 9.53 Å². The number of rotatable bonds is 6. The van der Waals surface area contributed by atoms with Gasteiger partial charge in [0, 0.05) is 25.8 Å². The van der Waals surface area contributed by atoms with Crippen LogP contribution >= 0.6 is 0 Å². The van der Waals surface area contributed by atoms with Gasteiger partial charge in [0.1, 0.15) is 23.1 Å². The van der Waals surface area contributed by atoms with Gasteiger partial charge in [-0.2, -0.15) is 5.26 Å². The van der Waals surface area contributed by atoms with Crippen LogP contribution in [0, 0.1) is 18.3 Å². The average Bonchev–Trinajstić information content (AvgIpc) is 2.84. The van der Waals surface area contributed by atoms with E-state index in [0.29, 0.717) is 37.5 Å². The van der Waals surface area contributed by atoms with E-state index in [2.05, 4.69) is 5.32 Å². The fraction of sp³-hybridized carbons (Fsp3) is 0.333. The lowest BCUT2D eigenvalue weighted by molar-refractivity contribution is -0.117. The molecule has 2 unspecified atom stereocenters. The van der Waals surface area contributed by atoms with E-state index in [9.17, 15) is 14.9 Å². The molecule has 2 aromatic heterocycles. The highest BCUT2D eigenvalue weighted by Gasteiger charge is 2.27. The smallest absolute Gasteiger partial charge is 0.267 e. The van der Waals surface area contributed by atoms with E-state index < -0.39 is 5.91 Å². The van der Waals surface area contributed by atoms with Crippen molar-refractivity contribution in [3.8, 4) is 6.07 Å². The summed E-state index contributed by atoms with van der Waals surface area (Å²) in [6, 6.07) is 15.4.